The maximum atomic E-state index is 12.8. The molecule has 2 N–H and O–H groups in total. The quantitative estimate of drug-likeness (QED) is 0.834. The predicted molar refractivity (Wildman–Crippen MR) is 96.3 cm³/mol. The number of hydrogen-bond acceptors (Lipinski definition) is 3. The van der Waals surface area contributed by atoms with Crippen LogP contribution >= 0.6 is 0 Å². The zero-order chi connectivity index (χ0) is 19.8. The van der Waals surface area contributed by atoms with Crippen molar-refractivity contribution in [1.82, 2.24) is 10.3 Å². The van der Waals surface area contributed by atoms with Crippen LogP contribution in [0.5, 0.6) is 0 Å². The van der Waals surface area contributed by atoms with Gasteiger partial charge in [-0.05, 0) is 63.6 Å². The molecule has 7 heteroatoms. The molecule has 0 radical (unpaired) electrons. The van der Waals surface area contributed by atoms with Crippen LogP contribution in [0.1, 0.15) is 55.5 Å². The Bertz CT molecular complexity index is 835. The lowest BCUT2D eigenvalue weighted by molar-refractivity contribution is -0.137. The maximum Gasteiger partial charge on any atom is 0.416 e. The number of nitrogens with zero attached hydrogens (tertiary/aromatic N) is 1. The number of alkyl halides is 3. The first-order chi connectivity index (χ1) is 12.5. The zero-order valence-corrected chi connectivity index (χ0v) is 15.3. The number of halogens is 3. The van der Waals surface area contributed by atoms with E-state index in [-0.39, 0.29) is 23.4 Å². The van der Waals surface area contributed by atoms with Crippen molar-refractivity contribution in [3.63, 3.8) is 0 Å². The Kier molecular flexibility index (Phi) is 5.16. The molecular weight excluding hydrogens is 357 g/mol. The van der Waals surface area contributed by atoms with E-state index in [1.165, 1.54) is 12.3 Å². The van der Waals surface area contributed by atoms with E-state index < -0.39 is 17.3 Å². The Morgan fingerprint density at radius 3 is 2.41 bits per heavy atom. The lowest BCUT2D eigenvalue weighted by Gasteiger charge is -2.36. The predicted octanol–water partition coefficient (Wildman–Crippen LogP) is 4.31. The first-order valence-corrected chi connectivity index (χ1v) is 9.04. The summed E-state index contributed by atoms with van der Waals surface area (Å²) >= 11 is 0. The number of aromatic nitrogens is 1. The van der Waals surface area contributed by atoms with E-state index in [1.807, 2.05) is 13.8 Å². The minimum atomic E-state index is -4.42. The molecule has 0 aliphatic heterocycles. The lowest BCUT2D eigenvalue weighted by Crippen LogP contribution is -2.41. The fraction of sp³-hybridized carbons (Fsp3) is 0.500. The van der Waals surface area contributed by atoms with Gasteiger partial charge < -0.3 is 10.4 Å². The third kappa shape index (κ3) is 4.58. The van der Waals surface area contributed by atoms with Crippen molar-refractivity contribution in [2.45, 2.75) is 57.3 Å². The van der Waals surface area contributed by atoms with Crippen LogP contribution in [0.15, 0.2) is 30.5 Å². The monoisotopic (exact) mass is 380 g/mol. The highest BCUT2D eigenvalue weighted by Gasteiger charge is 2.32. The standard InChI is InChI=1S/C20H23F3N2O2/c1-19(2,27)14-5-7-16(8-6-14)25-18(26)13-9-12-3-4-15(20(21,22)23)10-17(12)24-11-13/h3-4,9-11,14,16,27H,5-8H2,1-2H3,(H,25,26). The molecule has 1 aromatic carbocycles. The minimum Gasteiger partial charge on any atom is -0.390 e. The van der Waals surface area contributed by atoms with E-state index in [0.29, 0.717) is 10.9 Å². The number of rotatable bonds is 3. The van der Waals surface area contributed by atoms with Gasteiger partial charge in [0.05, 0.1) is 22.2 Å². The summed E-state index contributed by atoms with van der Waals surface area (Å²) in [5.74, 6) is -0.0631. The van der Waals surface area contributed by atoms with Gasteiger partial charge in [-0.15, -0.1) is 0 Å². The van der Waals surface area contributed by atoms with Crippen molar-refractivity contribution in [2.24, 2.45) is 5.92 Å². The first-order valence-electron chi connectivity index (χ1n) is 9.04. The molecule has 3 rings (SSSR count). The Morgan fingerprint density at radius 1 is 1.15 bits per heavy atom. The summed E-state index contributed by atoms with van der Waals surface area (Å²) in [7, 11) is 0. The van der Waals surface area contributed by atoms with Crippen LogP contribution in [0.3, 0.4) is 0 Å². The Balaban J connectivity index is 1.68. The number of carbonyl (C=O) groups is 1. The molecule has 1 aliphatic carbocycles. The number of benzene rings is 1. The fourth-order valence-electron chi connectivity index (χ4n) is 3.63. The summed E-state index contributed by atoms with van der Waals surface area (Å²) in [6, 6.07) is 4.88. The van der Waals surface area contributed by atoms with E-state index >= 15 is 0 Å². The van der Waals surface area contributed by atoms with Gasteiger partial charge in [0.2, 0.25) is 0 Å². The van der Waals surface area contributed by atoms with Crippen molar-refractivity contribution in [2.75, 3.05) is 0 Å². The first kappa shape index (κ1) is 19.6. The van der Waals surface area contributed by atoms with Crippen LogP contribution in [0, 0.1) is 5.92 Å². The normalized spacial score (nSPS) is 21.3. The molecule has 27 heavy (non-hydrogen) atoms. The number of amides is 1. The summed E-state index contributed by atoms with van der Waals surface area (Å²) in [5.41, 5.74) is -0.950. The van der Waals surface area contributed by atoms with Crippen LogP contribution in [-0.2, 0) is 6.18 Å². The van der Waals surface area contributed by atoms with Crippen molar-refractivity contribution < 1.29 is 23.1 Å². The summed E-state index contributed by atoms with van der Waals surface area (Å²) in [6.07, 6.45) is 0.135. The third-order valence-electron chi connectivity index (χ3n) is 5.34. The Morgan fingerprint density at radius 2 is 1.81 bits per heavy atom. The van der Waals surface area contributed by atoms with E-state index in [0.717, 1.165) is 37.8 Å². The fourth-order valence-corrected chi connectivity index (χ4v) is 3.63. The number of aliphatic hydroxyl groups is 1. The number of carbonyl (C=O) groups excluding carboxylic acids is 1. The molecule has 146 valence electrons. The maximum absolute atomic E-state index is 12.8. The molecule has 1 aromatic heterocycles. The molecule has 0 bridgehead atoms. The smallest absolute Gasteiger partial charge is 0.390 e. The Labute approximate surface area is 155 Å². The number of nitrogens with one attached hydrogen (secondary N) is 1. The molecule has 0 spiro atoms. The molecule has 1 saturated carbocycles. The van der Waals surface area contributed by atoms with Gasteiger partial charge in [0, 0.05) is 17.6 Å². The Hall–Kier alpha value is -2.15. The molecule has 1 amide bonds. The highest BCUT2D eigenvalue weighted by atomic mass is 19.4. The van der Waals surface area contributed by atoms with E-state index in [4.69, 9.17) is 0 Å². The minimum absolute atomic E-state index is 0.0272. The van der Waals surface area contributed by atoms with Gasteiger partial charge in [0.25, 0.3) is 5.91 Å². The van der Waals surface area contributed by atoms with Crippen molar-refractivity contribution in [1.29, 1.82) is 0 Å². The summed E-state index contributed by atoms with van der Waals surface area (Å²) in [6.45, 7) is 3.61. The highest BCUT2D eigenvalue weighted by molar-refractivity contribution is 5.97. The average molecular weight is 380 g/mol. The van der Waals surface area contributed by atoms with Gasteiger partial charge in [-0.3, -0.25) is 9.78 Å². The number of fused-ring (bicyclic) bond motifs is 1. The second kappa shape index (κ2) is 7.11. The van der Waals surface area contributed by atoms with E-state index in [2.05, 4.69) is 10.3 Å². The summed E-state index contributed by atoms with van der Waals surface area (Å²) in [5, 5.41) is 13.5. The molecule has 0 unspecified atom stereocenters. The molecule has 1 aliphatic rings. The van der Waals surface area contributed by atoms with Gasteiger partial charge in [0.15, 0.2) is 0 Å². The van der Waals surface area contributed by atoms with Crippen molar-refractivity contribution in [3.05, 3.63) is 41.6 Å². The van der Waals surface area contributed by atoms with Crippen LogP contribution in [-0.4, -0.2) is 27.6 Å². The molecule has 1 fully saturated rings. The van der Waals surface area contributed by atoms with Crippen LogP contribution < -0.4 is 5.32 Å². The zero-order valence-electron chi connectivity index (χ0n) is 15.3. The molecular formula is C20H23F3N2O2. The van der Waals surface area contributed by atoms with Crippen LogP contribution in [0.25, 0.3) is 10.9 Å². The molecule has 2 aromatic rings. The number of hydrogen-bond donors (Lipinski definition) is 2. The van der Waals surface area contributed by atoms with Crippen LogP contribution in [0.4, 0.5) is 13.2 Å². The van der Waals surface area contributed by atoms with Crippen LogP contribution in [0.2, 0.25) is 0 Å². The SMILES string of the molecule is CC(C)(O)C1CCC(NC(=O)c2cnc3cc(C(F)(F)F)ccc3c2)CC1. The van der Waals surface area contributed by atoms with E-state index in [9.17, 15) is 23.1 Å². The lowest BCUT2D eigenvalue weighted by atomic mass is 9.77. The molecule has 1 heterocycles. The van der Waals surface area contributed by atoms with Crippen molar-refractivity contribution in [3.8, 4) is 0 Å². The average Bonchev–Trinajstić information content (AvgIpc) is 2.59. The second-order valence-corrected chi connectivity index (χ2v) is 7.80. The van der Waals surface area contributed by atoms with Gasteiger partial charge in [-0.2, -0.15) is 13.2 Å². The van der Waals surface area contributed by atoms with Gasteiger partial charge in [-0.1, -0.05) is 6.07 Å². The number of pyridine rings is 1. The van der Waals surface area contributed by atoms with E-state index in [1.54, 1.807) is 6.07 Å². The van der Waals surface area contributed by atoms with Gasteiger partial charge in [0.1, 0.15) is 0 Å². The summed E-state index contributed by atoms with van der Waals surface area (Å²) in [4.78, 5) is 16.5. The second-order valence-electron chi connectivity index (χ2n) is 7.80. The summed E-state index contributed by atoms with van der Waals surface area (Å²) < 4.78 is 38.3. The molecule has 0 atom stereocenters. The van der Waals surface area contributed by atoms with Gasteiger partial charge in [-0.25, -0.2) is 0 Å². The topological polar surface area (TPSA) is 62.2 Å². The molecule has 4 nitrogen and oxygen atoms in total. The third-order valence-corrected chi connectivity index (χ3v) is 5.34. The van der Waals surface area contributed by atoms with Gasteiger partial charge >= 0.3 is 6.18 Å². The largest absolute Gasteiger partial charge is 0.416 e. The van der Waals surface area contributed by atoms with Crippen molar-refractivity contribution >= 4 is 16.8 Å². The molecule has 0 saturated heterocycles. The highest BCUT2D eigenvalue weighted by Crippen LogP contribution is 2.33.